The first-order valence-corrected chi connectivity index (χ1v) is 9.59. The first-order chi connectivity index (χ1) is 12.5. The van der Waals surface area contributed by atoms with Crippen molar-refractivity contribution in [3.8, 4) is 0 Å². The van der Waals surface area contributed by atoms with Gasteiger partial charge in [0, 0.05) is 41.9 Å². The van der Waals surface area contributed by atoms with Crippen LogP contribution in [0.3, 0.4) is 0 Å². The number of nitrogens with zero attached hydrogens (tertiary/aromatic N) is 2. The Bertz CT molecular complexity index is 803. The quantitative estimate of drug-likeness (QED) is 0.710. The zero-order chi connectivity index (χ0) is 18.7. The molecule has 1 aliphatic rings. The van der Waals surface area contributed by atoms with E-state index in [2.05, 4.69) is 37.9 Å². The number of piperazine rings is 1. The zero-order valence-corrected chi connectivity index (χ0v) is 16.7. The van der Waals surface area contributed by atoms with Crippen molar-refractivity contribution in [2.45, 2.75) is 6.04 Å². The lowest BCUT2D eigenvalue weighted by Crippen LogP contribution is -2.50. The standard InChI is InChI=1S/C19H21BrN4OS/c20-15-3-1-2-14(12-15)17(19(22)26)24-10-8-23(9-11-24)16-6-4-13(5-7-16)18(21)25/h1-7,12,17H,8-11H2,(H2,21,25)(H2,22,26). The number of hydrogen-bond acceptors (Lipinski definition) is 4. The van der Waals surface area contributed by atoms with Crippen molar-refractivity contribution < 1.29 is 4.79 Å². The molecule has 0 saturated carbocycles. The molecule has 0 spiro atoms. The van der Waals surface area contributed by atoms with E-state index >= 15 is 0 Å². The maximum absolute atomic E-state index is 11.2. The molecule has 1 aliphatic heterocycles. The van der Waals surface area contributed by atoms with Gasteiger partial charge in [-0.15, -0.1) is 0 Å². The Morgan fingerprint density at radius 3 is 2.23 bits per heavy atom. The van der Waals surface area contributed by atoms with Crippen LogP contribution in [-0.4, -0.2) is 42.0 Å². The second-order valence-corrected chi connectivity index (χ2v) is 7.68. The lowest BCUT2D eigenvalue weighted by atomic mass is 10.0. The van der Waals surface area contributed by atoms with Crippen LogP contribution in [0, 0.1) is 0 Å². The molecule has 1 atom stereocenters. The van der Waals surface area contributed by atoms with E-state index in [1.54, 1.807) is 12.1 Å². The van der Waals surface area contributed by atoms with Gasteiger partial charge in [-0.25, -0.2) is 0 Å². The van der Waals surface area contributed by atoms with E-state index in [1.807, 2.05) is 24.3 Å². The molecule has 1 fully saturated rings. The van der Waals surface area contributed by atoms with Gasteiger partial charge in [-0.1, -0.05) is 40.3 Å². The van der Waals surface area contributed by atoms with E-state index in [-0.39, 0.29) is 6.04 Å². The van der Waals surface area contributed by atoms with Gasteiger partial charge < -0.3 is 16.4 Å². The van der Waals surface area contributed by atoms with Gasteiger partial charge in [0.25, 0.3) is 0 Å². The maximum atomic E-state index is 11.2. The van der Waals surface area contributed by atoms with Gasteiger partial charge in [-0.3, -0.25) is 9.69 Å². The van der Waals surface area contributed by atoms with E-state index in [0.717, 1.165) is 41.9 Å². The number of primary amides is 1. The predicted molar refractivity (Wildman–Crippen MR) is 112 cm³/mol. The second kappa shape index (κ2) is 8.16. The summed E-state index contributed by atoms with van der Waals surface area (Å²) in [4.78, 5) is 16.3. The molecule has 3 rings (SSSR count). The number of carbonyl (C=O) groups is 1. The molecule has 26 heavy (non-hydrogen) atoms. The van der Waals surface area contributed by atoms with Crippen molar-refractivity contribution in [1.29, 1.82) is 0 Å². The average Bonchev–Trinajstić information content (AvgIpc) is 2.62. The molecule has 2 aromatic carbocycles. The number of thiocarbonyl (C=S) groups is 1. The molecule has 0 aromatic heterocycles. The molecule has 0 radical (unpaired) electrons. The lowest BCUT2D eigenvalue weighted by Gasteiger charge is -2.40. The Hall–Kier alpha value is -1.96. The Balaban J connectivity index is 1.70. The van der Waals surface area contributed by atoms with Crippen LogP contribution >= 0.6 is 28.1 Å². The van der Waals surface area contributed by atoms with Crippen LogP contribution in [0.4, 0.5) is 5.69 Å². The highest BCUT2D eigenvalue weighted by Gasteiger charge is 2.27. The Morgan fingerprint density at radius 1 is 1.04 bits per heavy atom. The minimum atomic E-state index is -0.408. The molecule has 0 bridgehead atoms. The first-order valence-electron chi connectivity index (χ1n) is 8.39. The average molecular weight is 433 g/mol. The highest BCUT2D eigenvalue weighted by atomic mass is 79.9. The third-order valence-electron chi connectivity index (χ3n) is 4.63. The number of anilines is 1. The van der Waals surface area contributed by atoms with E-state index in [9.17, 15) is 4.79 Å². The van der Waals surface area contributed by atoms with Crippen LogP contribution in [0.15, 0.2) is 53.0 Å². The van der Waals surface area contributed by atoms with Crippen LogP contribution in [-0.2, 0) is 0 Å². The molecule has 7 heteroatoms. The fourth-order valence-corrected chi connectivity index (χ4v) is 4.01. The van der Waals surface area contributed by atoms with Crippen LogP contribution in [0.2, 0.25) is 0 Å². The predicted octanol–water partition coefficient (Wildman–Crippen LogP) is 2.70. The summed E-state index contributed by atoms with van der Waals surface area (Å²) in [6.07, 6.45) is 0. The van der Waals surface area contributed by atoms with Gasteiger partial charge in [0.1, 0.15) is 0 Å². The topological polar surface area (TPSA) is 75.6 Å². The number of halogens is 1. The molecule has 1 unspecified atom stereocenters. The number of amides is 1. The van der Waals surface area contributed by atoms with Gasteiger partial charge in [-0.2, -0.15) is 0 Å². The number of nitrogens with two attached hydrogens (primary N) is 2. The summed E-state index contributed by atoms with van der Waals surface area (Å²) < 4.78 is 1.02. The monoisotopic (exact) mass is 432 g/mol. The van der Waals surface area contributed by atoms with Gasteiger partial charge in [0.15, 0.2) is 0 Å². The normalized spacial score (nSPS) is 16.3. The lowest BCUT2D eigenvalue weighted by molar-refractivity contribution is 0.100. The van der Waals surface area contributed by atoms with Gasteiger partial charge in [0.2, 0.25) is 5.91 Å². The minimum Gasteiger partial charge on any atom is -0.392 e. The second-order valence-electron chi connectivity index (χ2n) is 6.29. The summed E-state index contributed by atoms with van der Waals surface area (Å²) >= 11 is 8.86. The minimum absolute atomic E-state index is 0.0677. The van der Waals surface area contributed by atoms with Gasteiger partial charge in [0.05, 0.1) is 11.0 Å². The number of rotatable bonds is 5. The molecule has 5 nitrogen and oxygen atoms in total. The fourth-order valence-electron chi connectivity index (χ4n) is 3.31. The van der Waals surface area contributed by atoms with Crippen LogP contribution in [0.1, 0.15) is 22.0 Å². The first kappa shape index (κ1) is 18.8. The van der Waals surface area contributed by atoms with Crippen LogP contribution < -0.4 is 16.4 Å². The van der Waals surface area contributed by atoms with Crippen molar-refractivity contribution in [1.82, 2.24) is 4.90 Å². The third kappa shape index (κ3) is 4.23. The number of hydrogen-bond donors (Lipinski definition) is 2. The van der Waals surface area contributed by atoms with E-state index < -0.39 is 5.91 Å². The molecule has 4 N–H and O–H groups in total. The summed E-state index contributed by atoms with van der Waals surface area (Å²) in [7, 11) is 0. The SMILES string of the molecule is NC(=O)c1ccc(N2CCN(C(C(N)=S)c3cccc(Br)c3)CC2)cc1. The summed E-state index contributed by atoms with van der Waals surface area (Å²) in [6.45, 7) is 3.43. The molecule has 0 aliphatic carbocycles. The van der Waals surface area contributed by atoms with Gasteiger partial charge >= 0.3 is 0 Å². The summed E-state index contributed by atoms with van der Waals surface area (Å²) in [5.74, 6) is -0.408. The van der Waals surface area contributed by atoms with E-state index in [4.69, 9.17) is 23.7 Å². The van der Waals surface area contributed by atoms with Crippen molar-refractivity contribution >= 4 is 44.7 Å². The van der Waals surface area contributed by atoms with Crippen molar-refractivity contribution in [2.75, 3.05) is 31.1 Å². The van der Waals surface area contributed by atoms with Crippen molar-refractivity contribution in [3.05, 3.63) is 64.1 Å². The zero-order valence-electron chi connectivity index (χ0n) is 14.3. The van der Waals surface area contributed by atoms with Crippen molar-refractivity contribution in [2.24, 2.45) is 11.5 Å². The van der Waals surface area contributed by atoms with E-state index in [1.165, 1.54) is 0 Å². The summed E-state index contributed by atoms with van der Waals surface area (Å²) in [5.41, 5.74) is 14.1. The van der Waals surface area contributed by atoms with Gasteiger partial charge in [-0.05, 0) is 42.0 Å². The number of carbonyl (C=O) groups excluding carboxylic acids is 1. The van der Waals surface area contributed by atoms with Crippen LogP contribution in [0.5, 0.6) is 0 Å². The molecule has 2 aromatic rings. The highest BCUT2D eigenvalue weighted by molar-refractivity contribution is 9.10. The smallest absolute Gasteiger partial charge is 0.248 e. The molecule has 136 valence electrons. The molecular formula is C19H21BrN4OS. The Labute approximate surface area is 167 Å². The molecular weight excluding hydrogens is 412 g/mol. The number of benzene rings is 2. The maximum Gasteiger partial charge on any atom is 0.248 e. The largest absolute Gasteiger partial charge is 0.392 e. The van der Waals surface area contributed by atoms with Crippen LogP contribution in [0.25, 0.3) is 0 Å². The van der Waals surface area contributed by atoms with Crippen molar-refractivity contribution in [3.63, 3.8) is 0 Å². The molecule has 1 saturated heterocycles. The summed E-state index contributed by atoms with van der Waals surface area (Å²) in [6, 6.07) is 15.5. The van der Waals surface area contributed by atoms with E-state index in [0.29, 0.717) is 10.6 Å². The summed E-state index contributed by atoms with van der Waals surface area (Å²) in [5, 5.41) is 0. The Kier molecular flexibility index (Phi) is 5.90. The Morgan fingerprint density at radius 2 is 1.69 bits per heavy atom. The fraction of sp³-hybridized carbons (Fsp3) is 0.263. The third-order valence-corrected chi connectivity index (χ3v) is 5.35. The highest BCUT2D eigenvalue weighted by Crippen LogP contribution is 2.26. The molecule has 1 heterocycles. The molecule has 1 amide bonds.